The number of unbranched alkanes of at least 4 members (excludes halogenated alkanes) is 2. The Labute approximate surface area is 280 Å². The summed E-state index contributed by atoms with van der Waals surface area (Å²) in [6, 6.07) is 16.9. The second kappa shape index (κ2) is 17.1. The molecule has 0 fully saturated rings. The number of hydrogen-bond acceptors (Lipinski definition) is 10. The number of esters is 1. The van der Waals surface area contributed by atoms with Crippen LogP contribution in [0.2, 0.25) is 0 Å². The van der Waals surface area contributed by atoms with Crippen LogP contribution in [0.25, 0.3) is 33.4 Å². The van der Waals surface area contributed by atoms with Crippen molar-refractivity contribution in [3.8, 4) is 22.5 Å². The molecule has 0 unspecified atom stereocenters. The molecule has 1 N–H and O–H groups in total. The Bertz CT molecular complexity index is 1810. The number of anilines is 1. The molecule has 4 rings (SSSR count). The van der Waals surface area contributed by atoms with Crippen molar-refractivity contribution in [3.63, 3.8) is 0 Å². The number of sulfonamides is 1. The Morgan fingerprint density at radius 2 is 1.70 bits per heavy atom. The van der Waals surface area contributed by atoms with Crippen molar-refractivity contribution in [3.05, 3.63) is 60.0 Å². The molecule has 254 valence electrons. The van der Waals surface area contributed by atoms with Crippen molar-refractivity contribution < 1.29 is 37.0 Å². The normalized spacial score (nSPS) is 11.7. The van der Waals surface area contributed by atoms with Crippen LogP contribution in [-0.2, 0) is 28.9 Å². The van der Waals surface area contributed by atoms with Crippen LogP contribution in [0.4, 0.5) is 5.69 Å². The van der Waals surface area contributed by atoms with Crippen molar-refractivity contribution in [2.75, 3.05) is 44.7 Å². The molecule has 2 aromatic carbocycles. The molecule has 2 aromatic rings. The second-order valence-corrected chi connectivity index (χ2v) is 13.4. The summed E-state index contributed by atoms with van der Waals surface area (Å²) in [6.45, 7) is 11.9. The number of fused-ring (bicyclic) bond motifs is 2. The summed E-state index contributed by atoms with van der Waals surface area (Å²) in [5.41, 5.74) is 3.95. The largest absolute Gasteiger partial charge is 0.691 e. The molecule has 0 atom stereocenters. The summed E-state index contributed by atoms with van der Waals surface area (Å²) >= 11 is 0.642. The van der Waals surface area contributed by atoms with E-state index < -0.39 is 10.0 Å². The quantitative estimate of drug-likeness (QED) is 0.0304. The number of hydrogen-bond donors (Lipinski definition) is 1. The topological polar surface area (TPSA) is 133 Å². The number of benzene rings is 3. The first-order valence-corrected chi connectivity index (χ1v) is 18.1. The lowest BCUT2D eigenvalue weighted by atomic mass is 9.93. The first kappa shape index (κ1) is 36.4. The Balaban J connectivity index is 1.83. The van der Waals surface area contributed by atoms with E-state index in [0.717, 1.165) is 53.7 Å². The van der Waals surface area contributed by atoms with Gasteiger partial charge in [-0.15, -0.1) is 0 Å². The number of ether oxygens (including phenoxy) is 1. The Kier molecular flexibility index (Phi) is 13.2. The number of rotatable bonds is 17. The number of nitrogens with one attached hydrogen (secondary N) is 1. The van der Waals surface area contributed by atoms with Crippen LogP contribution in [0, 0.1) is 0 Å². The molecule has 1 heterocycles. The molecule has 47 heavy (non-hydrogen) atoms. The van der Waals surface area contributed by atoms with E-state index in [4.69, 9.17) is 8.75 Å². The molecule has 1 aliphatic heterocycles. The molecule has 0 aromatic heterocycles. The minimum Gasteiger partial charge on any atom is -0.691 e. The van der Waals surface area contributed by atoms with Crippen LogP contribution in [0.3, 0.4) is 0 Å². The van der Waals surface area contributed by atoms with Gasteiger partial charge >= 0.3 is 5.97 Å². The summed E-state index contributed by atoms with van der Waals surface area (Å²) in [7, 11) is -2.56. The van der Waals surface area contributed by atoms with Gasteiger partial charge in [-0.3, -0.25) is 9.83 Å². The van der Waals surface area contributed by atoms with E-state index in [0.29, 0.717) is 53.1 Å². The lowest BCUT2D eigenvalue weighted by Gasteiger charge is -2.23. The average Bonchev–Trinajstić information content (AvgIpc) is 3.08. The van der Waals surface area contributed by atoms with Crippen molar-refractivity contribution in [1.82, 2.24) is 9.30 Å². The van der Waals surface area contributed by atoms with Gasteiger partial charge in [0.2, 0.25) is 15.4 Å². The van der Waals surface area contributed by atoms with E-state index in [1.807, 2.05) is 36.4 Å². The van der Waals surface area contributed by atoms with Crippen molar-refractivity contribution >= 4 is 44.7 Å². The highest BCUT2D eigenvalue weighted by atomic mass is 32.2. The zero-order chi connectivity index (χ0) is 34.0. The smallest absolute Gasteiger partial charge is 0.305 e. The molecule has 2 aliphatic rings. The maximum Gasteiger partial charge on any atom is 0.305 e. The van der Waals surface area contributed by atoms with Gasteiger partial charge in [0.15, 0.2) is 0 Å². The molecule has 0 spiro atoms. The fraction of sp³-hybridized carbons (Fsp3) is 0.412. The fourth-order valence-electron chi connectivity index (χ4n) is 5.69. The Morgan fingerprint density at radius 1 is 0.957 bits per heavy atom. The van der Waals surface area contributed by atoms with Gasteiger partial charge in [0.05, 0.1) is 30.1 Å². The number of carbonyl (C=O) groups excluding carboxylic acids is 1. The highest BCUT2D eigenvalue weighted by molar-refractivity contribution is 7.94. The maximum absolute atomic E-state index is 13.3. The lowest BCUT2D eigenvalue weighted by molar-refractivity contribution is -0.777. The number of carbonyl (C=O) groups is 1. The van der Waals surface area contributed by atoms with Gasteiger partial charge in [0.1, 0.15) is 24.4 Å². The monoisotopic (exact) mass is 685 g/mol. The van der Waals surface area contributed by atoms with Gasteiger partial charge in [0, 0.05) is 65.3 Å². The van der Waals surface area contributed by atoms with Crippen LogP contribution in [-0.4, -0.2) is 54.2 Å². The minimum atomic E-state index is -3.90. The predicted molar refractivity (Wildman–Crippen MR) is 182 cm³/mol. The van der Waals surface area contributed by atoms with Crippen molar-refractivity contribution in [1.29, 1.82) is 0 Å². The first-order valence-electron chi connectivity index (χ1n) is 15.9. The summed E-state index contributed by atoms with van der Waals surface area (Å²) in [6.07, 6.45) is 2.11. The summed E-state index contributed by atoms with van der Waals surface area (Å²) in [5, 5.41) is 16.5. The van der Waals surface area contributed by atoms with Gasteiger partial charge in [-0.1, -0.05) is 12.5 Å². The average molecular weight is 686 g/mol. The molecule has 0 saturated carbocycles. The predicted octanol–water partition coefficient (Wildman–Crippen LogP) is 5.11. The van der Waals surface area contributed by atoms with Crippen LogP contribution < -0.4 is 24.8 Å². The molecule has 11 nitrogen and oxygen atoms in total. The SMILES string of the molecule is CCN(CC)c1ccc2c(-c3ccc(S(=O)(=O)NCCCCCC(=O)OC)cc3SOO[O-])c3ccc(=[N+](CC)CC)cc-3oc2c1. The third kappa shape index (κ3) is 8.72. The van der Waals surface area contributed by atoms with Gasteiger partial charge in [-0.2, -0.15) is 4.33 Å². The van der Waals surface area contributed by atoms with Gasteiger partial charge in [-0.25, -0.2) is 17.7 Å². The van der Waals surface area contributed by atoms with E-state index >= 15 is 0 Å². The lowest BCUT2D eigenvalue weighted by Crippen LogP contribution is -2.29. The molecule has 1 aliphatic carbocycles. The molecular weight excluding hydrogens is 643 g/mol. The number of nitrogens with zero attached hydrogens (tertiary/aromatic N) is 2. The summed E-state index contributed by atoms with van der Waals surface area (Å²) in [4.78, 5) is 13.9. The summed E-state index contributed by atoms with van der Waals surface area (Å²) < 4.78 is 47.4. The molecule has 0 saturated heterocycles. The van der Waals surface area contributed by atoms with E-state index in [-0.39, 0.29) is 23.8 Å². The third-order valence-corrected chi connectivity index (χ3v) is 10.3. The molecular formula is C34H43N3O8S2. The standard InChI is InChI=1S/C34H43N3O8S2/c1-6-36(7-2)24-14-17-27-30(21-24)43-31-22-25(37(8-3)9-4)15-18-28(31)34(27)29-19-16-26(23-32(29)46-45-44-39)47(40,41)35-20-12-10-11-13-33(38)42-5/h14-19,21-23,35H,6-13,20H2,1-5H3. The molecule has 0 bridgehead atoms. The minimum absolute atomic E-state index is 0.00896. The van der Waals surface area contributed by atoms with E-state index in [9.17, 15) is 18.5 Å². The van der Waals surface area contributed by atoms with Crippen LogP contribution in [0.1, 0.15) is 53.4 Å². The van der Waals surface area contributed by atoms with E-state index in [1.54, 1.807) is 6.07 Å². The highest BCUT2D eigenvalue weighted by Gasteiger charge is 2.24. The van der Waals surface area contributed by atoms with Crippen molar-refractivity contribution in [2.45, 2.75) is 63.2 Å². The Morgan fingerprint density at radius 3 is 2.38 bits per heavy atom. The number of methoxy groups -OCH3 is 1. The van der Waals surface area contributed by atoms with E-state index in [1.165, 1.54) is 19.2 Å². The fourth-order valence-corrected chi connectivity index (χ4v) is 7.40. The van der Waals surface area contributed by atoms with Crippen LogP contribution in [0.15, 0.2) is 68.8 Å². The third-order valence-electron chi connectivity index (χ3n) is 8.21. The molecule has 0 radical (unpaired) electrons. The second-order valence-electron chi connectivity index (χ2n) is 10.8. The molecule has 0 amide bonds. The summed E-state index contributed by atoms with van der Waals surface area (Å²) in [5.74, 6) is 0.373. The van der Waals surface area contributed by atoms with Crippen molar-refractivity contribution in [2.24, 2.45) is 0 Å². The maximum atomic E-state index is 13.3. The van der Waals surface area contributed by atoms with Gasteiger partial charge in [-0.05, 0) is 76.4 Å². The molecule has 13 heteroatoms. The van der Waals surface area contributed by atoms with Gasteiger partial charge in [0.25, 0.3) is 0 Å². The van der Waals surface area contributed by atoms with Crippen LogP contribution >= 0.6 is 12.0 Å². The first-order chi connectivity index (χ1) is 22.7. The zero-order valence-corrected chi connectivity index (χ0v) is 29.2. The highest BCUT2D eigenvalue weighted by Crippen LogP contribution is 2.44. The zero-order valence-electron chi connectivity index (χ0n) is 27.5. The van der Waals surface area contributed by atoms with Crippen LogP contribution in [0.5, 0.6) is 0 Å². The Hall–Kier alpha value is -3.46. The van der Waals surface area contributed by atoms with Gasteiger partial charge < -0.3 is 19.3 Å². The van der Waals surface area contributed by atoms with E-state index in [2.05, 4.69) is 51.7 Å².